The SMILES string of the molecule is O=C(C(c1ccccc1)c1ccccc1)N1CCN(C/C=C/CO)CC1. The zero-order valence-electron chi connectivity index (χ0n) is 15.0. The van der Waals surface area contributed by atoms with Crippen molar-refractivity contribution in [3.05, 3.63) is 83.9 Å². The molecule has 0 aromatic heterocycles. The maximum atomic E-state index is 13.3. The van der Waals surface area contributed by atoms with Crippen LogP contribution in [-0.2, 0) is 4.79 Å². The molecule has 4 nitrogen and oxygen atoms in total. The van der Waals surface area contributed by atoms with Crippen molar-refractivity contribution in [2.45, 2.75) is 5.92 Å². The lowest BCUT2D eigenvalue weighted by Gasteiger charge is -2.36. The quantitative estimate of drug-likeness (QED) is 0.814. The fourth-order valence-electron chi connectivity index (χ4n) is 3.40. The van der Waals surface area contributed by atoms with Gasteiger partial charge in [-0.05, 0) is 11.1 Å². The Morgan fingerprint density at radius 2 is 1.42 bits per heavy atom. The number of amides is 1. The summed E-state index contributed by atoms with van der Waals surface area (Å²) in [4.78, 5) is 17.6. The van der Waals surface area contributed by atoms with Crippen molar-refractivity contribution in [2.75, 3.05) is 39.3 Å². The summed E-state index contributed by atoms with van der Waals surface area (Å²) < 4.78 is 0. The monoisotopic (exact) mass is 350 g/mol. The second kappa shape index (κ2) is 9.32. The first-order chi connectivity index (χ1) is 12.8. The van der Waals surface area contributed by atoms with Crippen molar-refractivity contribution in [1.29, 1.82) is 0 Å². The van der Waals surface area contributed by atoms with Crippen molar-refractivity contribution in [1.82, 2.24) is 9.80 Å². The molecule has 0 bridgehead atoms. The molecule has 1 heterocycles. The molecule has 1 amide bonds. The first-order valence-electron chi connectivity index (χ1n) is 9.16. The minimum Gasteiger partial charge on any atom is -0.392 e. The Hall–Kier alpha value is -2.43. The summed E-state index contributed by atoms with van der Waals surface area (Å²) in [6.07, 6.45) is 3.74. The summed E-state index contributed by atoms with van der Waals surface area (Å²) >= 11 is 0. The van der Waals surface area contributed by atoms with Gasteiger partial charge in [0.1, 0.15) is 0 Å². The van der Waals surface area contributed by atoms with Gasteiger partial charge in [-0.2, -0.15) is 0 Å². The van der Waals surface area contributed by atoms with E-state index in [-0.39, 0.29) is 18.4 Å². The van der Waals surface area contributed by atoms with Gasteiger partial charge in [-0.3, -0.25) is 9.69 Å². The van der Waals surface area contributed by atoms with Crippen LogP contribution in [0.15, 0.2) is 72.8 Å². The third kappa shape index (κ3) is 4.59. The summed E-state index contributed by atoms with van der Waals surface area (Å²) in [6, 6.07) is 20.1. The fourth-order valence-corrected chi connectivity index (χ4v) is 3.40. The lowest BCUT2D eigenvalue weighted by Crippen LogP contribution is -2.50. The highest BCUT2D eigenvalue weighted by Crippen LogP contribution is 2.27. The van der Waals surface area contributed by atoms with E-state index in [9.17, 15) is 4.79 Å². The number of hydrogen-bond acceptors (Lipinski definition) is 3. The number of benzene rings is 2. The van der Waals surface area contributed by atoms with Crippen molar-refractivity contribution >= 4 is 5.91 Å². The van der Waals surface area contributed by atoms with Crippen molar-refractivity contribution in [3.8, 4) is 0 Å². The predicted molar refractivity (Wildman–Crippen MR) is 104 cm³/mol. The minimum atomic E-state index is -0.252. The number of piperazine rings is 1. The minimum absolute atomic E-state index is 0.0777. The van der Waals surface area contributed by atoms with Gasteiger partial charge in [0.2, 0.25) is 5.91 Å². The molecule has 0 radical (unpaired) electrons. The Balaban J connectivity index is 1.72. The van der Waals surface area contributed by atoms with Gasteiger partial charge in [-0.15, -0.1) is 0 Å². The molecular weight excluding hydrogens is 324 g/mol. The maximum absolute atomic E-state index is 13.3. The van der Waals surface area contributed by atoms with Crippen molar-refractivity contribution in [3.63, 3.8) is 0 Å². The Morgan fingerprint density at radius 3 is 1.92 bits per heavy atom. The molecule has 2 aromatic rings. The van der Waals surface area contributed by atoms with Gasteiger partial charge in [0.05, 0.1) is 12.5 Å². The number of carbonyl (C=O) groups is 1. The number of carbonyl (C=O) groups excluding carboxylic acids is 1. The van der Waals surface area contributed by atoms with Crippen LogP contribution in [0, 0.1) is 0 Å². The van der Waals surface area contributed by atoms with E-state index in [4.69, 9.17) is 5.11 Å². The van der Waals surface area contributed by atoms with Crippen LogP contribution in [-0.4, -0.2) is 60.1 Å². The fraction of sp³-hybridized carbons (Fsp3) is 0.318. The Bertz CT molecular complexity index is 668. The number of nitrogens with zero attached hydrogens (tertiary/aromatic N) is 2. The molecule has 1 fully saturated rings. The van der Waals surface area contributed by atoms with E-state index >= 15 is 0 Å². The van der Waals surface area contributed by atoms with Crippen LogP contribution in [0.5, 0.6) is 0 Å². The molecule has 136 valence electrons. The Kier molecular flexibility index (Phi) is 6.58. The van der Waals surface area contributed by atoms with Crippen molar-refractivity contribution < 1.29 is 9.90 Å². The van der Waals surface area contributed by atoms with Crippen LogP contribution in [0.4, 0.5) is 0 Å². The summed E-state index contributed by atoms with van der Waals surface area (Å²) in [5.74, 6) is -0.0776. The number of rotatable bonds is 6. The zero-order chi connectivity index (χ0) is 18.2. The molecule has 0 atom stereocenters. The van der Waals surface area contributed by atoms with Gasteiger partial charge >= 0.3 is 0 Å². The third-order valence-corrected chi connectivity index (χ3v) is 4.83. The van der Waals surface area contributed by atoms with Gasteiger partial charge in [-0.25, -0.2) is 0 Å². The molecular formula is C22H26N2O2. The van der Waals surface area contributed by atoms with Crippen LogP contribution in [0.2, 0.25) is 0 Å². The van der Waals surface area contributed by atoms with Gasteiger partial charge in [0, 0.05) is 32.7 Å². The van der Waals surface area contributed by atoms with Crippen molar-refractivity contribution in [2.24, 2.45) is 0 Å². The van der Waals surface area contributed by atoms with E-state index in [2.05, 4.69) is 4.90 Å². The summed E-state index contributed by atoms with van der Waals surface area (Å²) in [5, 5.41) is 8.83. The lowest BCUT2D eigenvalue weighted by molar-refractivity contribution is -0.133. The van der Waals surface area contributed by atoms with Crippen LogP contribution in [0.3, 0.4) is 0 Å². The molecule has 0 spiro atoms. The molecule has 1 saturated heterocycles. The Labute approximate surface area is 155 Å². The molecule has 26 heavy (non-hydrogen) atoms. The zero-order valence-corrected chi connectivity index (χ0v) is 15.0. The topological polar surface area (TPSA) is 43.8 Å². The first-order valence-corrected chi connectivity index (χ1v) is 9.16. The van der Waals surface area contributed by atoms with Gasteiger partial charge in [-0.1, -0.05) is 72.8 Å². The molecule has 0 unspecified atom stereocenters. The maximum Gasteiger partial charge on any atom is 0.234 e. The standard InChI is InChI=1S/C22H26N2O2/c25-18-8-7-13-23-14-16-24(17-15-23)22(26)21(19-9-3-1-4-10-19)20-11-5-2-6-12-20/h1-12,21,25H,13-18H2/b8-7+. The van der Waals surface area contributed by atoms with E-state index in [1.807, 2.05) is 71.6 Å². The average Bonchev–Trinajstić information content (AvgIpc) is 2.70. The van der Waals surface area contributed by atoms with Gasteiger partial charge in [0.15, 0.2) is 0 Å². The highest BCUT2D eigenvalue weighted by molar-refractivity contribution is 5.87. The normalized spacial score (nSPS) is 15.7. The summed E-state index contributed by atoms with van der Waals surface area (Å²) in [6.45, 7) is 4.09. The first kappa shape index (κ1) is 18.4. The predicted octanol–water partition coefficient (Wildman–Crippen LogP) is 2.51. The molecule has 3 rings (SSSR count). The molecule has 1 N–H and O–H groups in total. The van der Waals surface area contributed by atoms with E-state index in [1.165, 1.54) is 0 Å². The van der Waals surface area contributed by atoms with Crippen LogP contribution >= 0.6 is 0 Å². The molecule has 0 aliphatic carbocycles. The van der Waals surface area contributed by atoms with Gasteiger partial charge in [0.25, 0.3) is 0 Å². The number of hydrogen-bond donors (Lipinski definition) is 1. The third-order valence-electron chi connectivity index (χ3n) is 4.83. The Morgan fingerprint density at radius 1 is 0.885 bits per heavy atom. The highest BCUT2D eigenvalue weighted by Gasteiger charge is 2.29. The molecule has 1 aliphatic heterocycles. The van der Waals surface area contributed by atoms with E-state index in [0.29, 0.717) is 0 Å². The second-order valence-corrected chi connectivity index (χ2v) is 6.53. The lowest BCUT2D eigenvalue weighted by atomic mass is 9.90. The molecule has 4 heteroatoms. The largest absolute Gasteiger partial charge is 0.392 e. The van der Waals surface area contributed by atoms with E-state index in [0.717, 1.165) is 43.9 Å². The molecule has 2 aromatic carbocycles. The summed E-state index contributed by atoms with van der Waals surface area (Å²) in [7, 11) is 0. The highest BCUT2D eigenvalue weighted by atomic mass is 16.2. The van der Waals surface area contributed by atoms with E-state index < -0.39 is 0 Å². The molecule has 1 aliphatic rings. The summed E-state index contributed by atoms with van der Waals surface area (Å²) in [5.41, 5.74) is 2.08. The van der Waals surface area contributed by atoms with Crippen LogP contribution in [0.1, 0.15) is 17.0 Å². The second-order valence-electron chi connectivity index (χ2n) is 6.53. The molecule has 0 saturated carbocycles. The van der Waals surface area contributed by atoms with E-state index in [1.54, 1.807) is 6.08 Å². The van der Waals surface area contributed by atoms with Crippen LogP contribution < -0.4 is 0 Å². The number of aliphatic hydroxyl groups excluding tert-OH is 1. The average molecular weight is 350 g/mol. The van der Waals surface area contributed by atoms with Gasteiger partial charge < -0.3 is 10.0 Å². The smallest absolute Gasteiger partial charge is 0.234 e. The number of aliphatic hydroxyl groups is 1. The van der Waals surface area contributed by atoms with Crippen LogP contribution in [0.25, 0.3) is 0 Å².